The molecular formula is C17H22ClNO2. The van der Waals surface area contributed by atoms with Gasteiger partial charge in [-0.25, -0.2) is 0 Å². The standard InChI is InChI=1S/C17H22ClNO2/c1-2-16(21-15-10-6-9-14(18)11-15)17(20)19-12-13-7-4-3-5-8-13/h6-7,9-11,16H,2-5,8,12H2,1H3,(H,19,20)/t16-/m1/s1. The third-order valence-corrected chi connectivity index (χ3v) is 3.85. The molecule has 21 heavy (non-hydrogen) atoms. The summed E-state index contributed by atoms with van der Waals surface area (Å²) in [7, 11) is 0. The fourth-order valence-corrected chi connectivity index (χ4v) is 2.59. The van der Waals surface area contributed by atoms with E-state index in [4.69, 9.17) is 16.3 Å². The van der Waals surface area contributed by atoms with Crippen LogP contribution in [0.25, 0.3) is 0 Å². The number of amides is 1. The largest absolute Gasteiger partial charge is 0.481 e. The van der Waals surface area contributed by atoms with E-state index >= 15 is 0 Å². The van der Waals surface area contributed by atoms with E-state index < -0.39 is 6.10 Å². The lowest BCUT2D eigenvalue weighted by Gasteiger charge is -2.19. The van der Waals surface area contributed by atoms with Crippen molar-refractivity contribution in [3.05, 3.63) is 40.9 Å². The number of halogens is 1. The predicted octanol–water partition coefficient (Wildman–Crippen LogP) is 4.11. The normalized spacial score (nSPS) is 16.0. The summed E-state index contributed by atoms with van der Waals surface area (Å²) in [6, 6.07) is 7.13. The number of rotatable bonds is 6. The first-order valence-corrected chi connectivity index (χ1v) is 7.94. The second kappa shape index (κ2) is 8.08. The Morgan fingerprint density at radius 1 is 1.43 bits per heavy atom. The number of carbonyl (C=O) groups is 1. The van der Waals surface area contributed by atoms with Gasteiger partial charge in [-0.1, -0.05) is 36.2 Å². The molecule has 0 bridgehead atoms. The minimum absolute atomic E-state index is 0.0658. The highest BCUT2D eigenvalue weighted by molar-refractivity contribution is 6.30. The number of ether oxygens (including phenoxy) is 1. The van der Waals surface area contributed by atoms with Crippen LogP contribution in [0.5, 0.6) is 5.75 Å². The van der Waals surface area contributed by atoms with Gasteiger partial charge >= 0.3 is 0 Å². The second-order valence-electron chi connectivity index (χ2n) is 5.30. The molecule has 2 rings (SSSR count). The third kappa shape index (κ3) is 5.09. The Hall–Kier alpha value is -1.48. The molecule has 114 valence electrons. The smallest absolute Gasteiger partial charge is 0.261 e. The zero-order chi connectivity index (χ0) is 15.1. The predicted molar refractivity (Wildman–Crippen MR) is 85.7 cm³/mol. The van der Waals surface area contributed by atoms with Crippen LogP contribution in [-0.4, -0.2) is 18.6 Å². The van der Waals surface area contributed by atoms with E-state index in [1.165, 1.54) is 18.4 Å². The molecule has 1 aliphatic carbocycles. The monoisotopic (exact) mass is 307 g/mol. The van der Waals surface area contributed by atoms with Gasteiger partial charge in [-0.2, -0.15) is 0 Å². The van der Waals surface area contributed by atoms with E-state index in [1.807, 2.05) is 19.1 Å². The molecule has 0 aliphatic heterocycles. The summed E-state index contributed by atoms with van der Waals surface area (Å²) in [5.41, 5.74) is 1.33. The van der Waals surface area contributed by atoms with Gasteiger partial charge in [0.1, 0.15) is 5.75 Å². The van der Waals surface area contributed by atoms with Gasteiger partial charge in [-0.15, -0.1) is 0 Å². The molecule has 3 nitrogen and oxygen atoms in total. The fraction of sp³-hybridized carbons (Fsp3) is 0.471. The minimum atomic E-state index is -0.479. The summed E-state index contributed by atoms with van der Waals surface area (Å²) in [4.78, 5) is 12.2. The van der Waals surface area contributed by atoms with Crippen LogP contribution in [0.1, 0.15) is 39.0 Å². The van der Waals surface area contributed by atoms with E-state index in [1.54, 1.807) is 12.1 Å². The van der Waals surface area contributed by atoms with E-state index in [-0.39, 0.29) is 5.91 Å². The van der Waals surface area contributed by atoms with Crippen molar-refractivity contribution in [1.82, 2.24) is 5.32 Å². The van der Waals surface area contributed by atoms with Crippen LogP contribution in [0.2, 0.25) is 5.02 Å². The third-order valence-electron chi connectivity index (χ3n) is 3.61. The van der Waals surface area contributed by atoms with Crippen molar-refractivity contribution < 1.29 is 9.53 Å². The molecule has 0 spiro atoms. The van der Waals surface area contributed by atoms with Crippen LogP contribution in [0.15, 0.2) is 35.9 Å². The molecule has 4 heteroatoms. The maximum absolute atomic E-state index is 12.2. The number of carbonyl (C=O) groups excluding carboxylic acids is 1. The highest BCUT2D eigenvalue weighted by atomic mass is 35.5. The zero-order valence-corrected chi connectivity index (χ0v) is 13.2. The van der Waals surface area contributed by atoms with Crippen LogP contribution in [0, 0.1) is 0 Å². The molecular weight excluding hydrogens is 286 g/mol. The molecule has 1 aromatic carbocycles. The van der Waals surface area contributed by atoms with Gasteiger partial charge in [-0.05, 0) is 50.3 Å². The summed E-state index contributed by atoms with van der Waals surface area (Å²) in [6.07, 6.45) is 7.07. The van der Waals surface area contributed by atoms with Crippen molar-refractivity contribution in [3.8, 4) is 5.75 Å². The zero-order valence-electron chi connectivity index (χ0n) is 12.4. The Morgan fingerprint density at radius 3 is 2.95 bits per heavy atom. The number of allylic oxidation sites excluding steroid dienone is 1. The minimum Gasteiger partial charge on any atom is -0.481 e. The average Bonchev–Trinajstić information content (AvgIpc) is 2.51. The SMILES string of the molecule is CC[C@@H](Oc1cccc(Cl)c1)C(=O)NCC1=CCCCC1. The molecule has 1 amide bonds. The average molecular weight is 308 g/mol. The molecule has 0 saturated heterocycles. The van der Waals surface area contributed by atoms with Crippen molar-refractivity contribution in [2.75, 3.05) is 6.54 Å². The second-order valence-corrected chi connectivity index (χ2v) is 5.73. The van der Waals surface area contributed by atoms with Crippen molar-refractivity contribution in [3.63, 3.8) is 0 Å². The summed E-state index contributed by atoms with van der Waals surface area (Å²) >= 11 is 5.93. The Kier molecular flexibility index (Phi) is 6.12. The lowest BCUT2D eigenvalue weighted by Crippen LogP contribution is -2.39. The first-order valence-electron chi connectivity index (χ1n) is 7.57. The van der Waals surface area contributed by atoms with Crippen molar-refractivity contribution >= 4 is 17.5 Å². The molecule has 1 atom stereocenters. The first-order chi connectivity index (χ1) is 10.2. The molecule has 0 heterocycles. The van der Waals surface area contributed by atoms with E-state index in [0.29, 0.717) is 23.7 Å². The van der Waals surface area contributed by atoms with Crippen molar-refractivity contribution in [1.29, 1.82) is 0 Å². The van der Waals surface area contributed by atoms with Crippen LogP contribution in [-0.2, 0) is 4.79 Å². The summed E-state index contributed by atoms with van der Waals surface area (Å²) in [5.74, 6) is 0.560. The van der Waals surface area contributed by atoms with Crippen molar-refractivity contribution in [2.45, 2.75) is 45.1 Å². The van der Waals surface area contributed by atoms with Crippen molar-refractivity contribution in [2.24, 2.45) is 0 Å². The Morgan fingerprint density at radius 2 is 2.29 bits per heavy atom. The maximum atomic E-state index is 12.2. The molecule has 1 N–H and O–H groups in total. The lowest BCUT2D eigenvalue weighted by molar-refractivity contribution is -0.127. The van der Waals surface area contributed by atoms with Crippen LogP contribution in [0.4, 0.5) is 0 Å². The van der Waals surface area contributed by atoms with Gasteiger partial charge in [0.15, 0.2) is 6.10 Å². The van der Waals surface area contributed by atoms with E-state index in [0.717, 1.165) is 12.8 Å². The number of hydrogen-bond acceptors (Lipinski definition) is 2. The topological polar surface area (TPSA) is 38.3 Å². The first kappa shape index (κ1) is 15.9. The molecule has 0 unspecified atom stereocenters. The molecule has 0 fully saturated rings. The van der Waals surface area contributed by atoms with Crippen LogP contribution < -0.4 is 10.1 Å². The van der Waals surface area contributed by atoms with Gasteiger partial charge in [0.25, 0.3) is 5.91 Å². The van der Waals surface area contributed by atoms with Gasteiger partial charge < -0.3 is 10.1 Å². The van der Waals surface area contributed by atoms with Gasteiger partial charge in [0.2, 0.25) is 0 Å². The van der Waals surface area contributed by atoms with Crippen LogP contribution >= 0.6 is 11.6 Å². The maximum Gasteiger partial charge on any atom is 0.261 e. The van der Waals surface area contributed by atoms with Gasteiger partial charge in [-0.3, -0.25) is 4.79 Å². The lowest BCUT2D eigenvalue weighted by atomic mass is 10.00. The molecule has 1 aromatic rings. The van der Waals surface area contributed by atoms with E-state index in [9.17, 15) is 4.79 Å². The highest BCUT2D eigenvalue weighted by Gasteiger charge is 2.18. The summed E-state index contributed by atoms with van der Waals surface area (Å²) < 4.78 is 5.73. The fourth-order valence-electron chi connectivity index (χ4n) is 2.41. The molecule has 0 aromatic heterocycles. The van der Waals surface area contributed by atoms with Gasteiger partial charge in [0, 0.05) is 11.6 Å². The molecule has 0 saturated carbocycles. The van der Waals surface area contributed by atoms with Gasteiger partial charge in [0.05, 0.1) is 0 Å². The Labute approximate surface area is 131 Å². The quantitative estimate of drug-likeness (QED) is 0.803. The van der Waals surface area contributed by atoms with E-state index in [2.05, 4.69) is 11.4 Å². The number of benzene rings is 1. The van der Waals surface area contributed by atoms with Crippen LogP contribution in [0.3, 0.4) is 0 Å². The summed E-state index contributed by atoms with van der Waals surface area (Å²) in [6.45, 7) is 2.57. The Bertz CT molecular complexity index is 513. The molecule has 1 aliphatic rings. The summed E-state index contributed by atoms with van der Waals surface area (Å²) in [5, 5.41) is 3.58. The Balaban J connectivity index is 1.87. The molecule has 0 radical (unpaired) electrons. The highest BCUT2D eigenvalue weighted by Crippen LogP contribution is 2.19. The number of nitrogens with one attached hydrogen (secondary N) is 1. The number of hydrogen-bond donors (Lipinski definition) is 1.